The Bertz CT molecular complexity index is 1310. The maximum Gasteiger partial charge on any atom is 0.300 e. The normalized spacial score (nSPS) is 17.5. The van der Waals surface area contributed by atoms with Crippen molar-refractivity contribution >= 4 is 62.3 Å². The maximum atomic E-state index is 13.2. The lowest BCUT2D eigenvalue weighted by molar-refractivity contribution is -0.132. The number of phenols is 1. The third kappa shape index (κ3) is 4.19. The molecule has 1 fully saturated rings. The minimum absolute atomic E-state index is 0.0179. The molecule has 9 heteroatoms. The van der Waals surface area contributed by atoms with Gasteiger partial charge in [0.1, 0.15) is 17.3 Å². The maximum absolute atomic E-state index is 13.2. The van der Waals surface area contributed by atoms with Gasteiger partial charge >= 0.3 is 0 Å². The molecule has 33 heavy (non-hydrogen) atoms. The van der Waals surface area contributed by atoms with Crippen molar-refractivity contribution in [3.05, 3.63) is 91.9 Å². The topological polar surface area (TPSA) is 87.1 Å². The molecule has 168 valence electrons. The highest BCUT2D eigenvalue weighted by Gasteiger charge is 2.47. The van der Waals surface area contributed by atoms with Crippen LogP contribution in [0.3, 0.4) is 0 Å². The van der Waals surface area contributed by atoms with Crippen molar-refractivity contribution in [1.82, 2.24) is 0 Å². The molecular formula is C24H16BrCl2NO5. The lowest BCUT2D eigenvalue weighted by Gasteiger charge is -2.25. The number of halogens is 3. The van der Waals surface area contributed by atoms with Crippen molar-refractivity contribution < 1.29 is 24.5 Å². The van der Waals surface area contributed by atoms with Crippen molar-refractivity contribution in [2.24, 2.45) is 0 Å². The number of aliphatic hydroxyl groups is 1. The molecule has 1 amide bonds. The quantitative estimate of drug-likeness (QED) is 0.234. The zero-order chi connectivity index (χ0) is 23.9. The van der Waals surface area contributed by atoms with Crippen LogP contribution in [0.25, 0.3) is 5.76 Å². The van der Waals surface area contributed by atoms with Gasteiger partial charge in [-0.15, -0.1) is 0 Å². The van der Waals surface area contributed by atoms with Gasteiger partial charge in [0.05, 0.1) is 33.2 Å². The van der Waals surface area contributed by atoms with Crippen LogP contribution in [0.15, 0.2) is 70.7 Å². The van der Waals surface area contributed by atoms with E-state index < -0.39 is 17.7 Å². The number of hydrogen-bond acceptors (Lipinski definition) is 5. The number of anilines is 1. The smallest absolute Gasteiger partial charge is 0.300 e. The predicted octanol–water partition coefficient (Wildman–Crippen LogP) is 6.10. The highest BCUT2D eigenvalue weighted by molar-refractivity contribution is 9.10. The lowest BCUT2D eigenvalue weighted by atomic mass is 9.95. The first-order valence-corrected chi connectivity index (χ1v) is 11.2. The van der Waals surface area contributed by atoms with Crippen LogP contribution in [-0.2, 0) is 9.59 Å². The van der Waals surface area contributed by atoms with E-state index in [1.54, 1.807) is 36.4 Å². The van der Waals surface area contributed by atoms with Crippen molar-refractivity contribution in [1.29, 1.82) is 0 Å². The Kier molecular flexibility index (Phi) is 6.38. The zero-order valence-corrected chi connectivity index (χ0v) is 20.1. The van der Waals surface area contributed by atoms with Crippen LogP contribution in [0.4, 0.5) is 5.69 Å². The fourth-order valence-electron chi connectivity index (χ4n) is 3.67. The molecule has 0 spiro atoms. The molecular weight excluding hydrogens is 533 g/mol. The van der Waals surface area contributed by atoms with Crippen LogP contribution < -0.4 is 9.64 Å². The molecule has 1 aliphatic heterocycles. The number of Topliss-reactive ketones (excluding diaryl/α,β-unsaturated/α-hetero) is 1. The summed E-state index contributed by atoms with van der Waals surface area (Å²) in [6, 6.07) is 14.4. The fourth-order valence-corrected chi connectivity index (χ4v) is 4.51. The number of aromatic hydroxyl groups is 1. The van der Waals surface area contributed by atoms with E-state index in [9.17, 15) is 19.8 Å². The van der Waals surface area contributed by atoms with Gasteiger partial charge in [0.2, 0.25) is 0 Å². The number of rotatable bonds is 4. The number of nitrogens with zero attached hydrogens (tertiary/aromatic N) is 1. The van der Waals surface area contributed by atoms with Crippen LogP contribution in [0.2, 0.25) is 10.0 Å². The van der Waals surface area contributed by atoms with Crippen molar-refractivity contribution in [3.63, 3.8) is 0 Å². The fraction of sp³-hybridized carbons (Fsp3) is 0.0833. The van der Waals surface area contributed by atoms with E-state index in [1.807, 2.05) is 0 Å². The summed E-state index contributed by atoms with van der Waals surface area (Å²) in [6.45, 7) is 0. The molecule has 2 N–H and O–H groups in total. The second-order valence-corrected chi connectivity index (χ2v) is 8.88. The van der Waals surface area contributed by atoms with Gasteiger partial charge in [-0.3, -0.25) is 14.5 Å². The molecule has 1 atom stereocenters. The second-order valence-electron chi connectivity index (χ2n) is 7.21. The molecule has 3 aromatic carbocycles. The van der Waals surface area contributed by atoms with Gasteiger partial charge in [-0.05, 0) is 70.0 Å². The number of methoxy groups -OCH3 is 1. The number of benzene rings is 3. The number of aliphatic hydroxyl groups excluding tert-OH is 1. The van der Waals surface area contributed by atoms with Gasteiger partial charge in [0, 0.05) is 11.3 Å². The highest BCUT2D eigenvalue weighted by Crippen LogP contribution is 2.44. The molecule has 0 aromatic heterocycles. The Labute approximate surface area is 207 Å². The van der Waals surface area contributed by atoms with E-state index in [-0.39, 0.29) is 22.1 Å². The Morgan fingerprint density at radius 2 is 1.70 bits per heavy atom. The molecule has 0 aliphatic carbocycles. The van der Waals surface area contributed by atoms with E-state index >= 15 is 0 Å². The standard InChI is InChI=1S/C24H16BrCl2NO5/c1-33-19-9-4-13(10-16(19)25)22(30)20-21(12-2-6-15(29)7-3-12)28(24(32)23(20)31)14-5-8-17(26)18(27)11-14/h2-11,21,29-30H,1H3/b22-20+. The zero-order valence-electron chi connectivity index (χ0n) is 17.1. The summed E-state index contributed by atoms with van der Waals surface area (Å²) in [6.07, 6.45) is 0. The third-order valence-corrected chi connectivity index (χ3v) is 6.62. The summed E-state index contributed by atoms with van der Waals surface area (Å²) in [5.74, 6) is -1.48. The molecule has 0 radical (unpaired) electrons. The van der Waals surface area contributed by atoms with Gasteiger partial charge in [-0.2, -0.15) is 0 Å². The van der Waals surface area contributed by atoms with E-state index in [1.165, 1.54) is 36.3 Å². The van der Waals surface area contributed by atoms with Crippen molar-refractivity contribution in [2.45, 2.75) is 6.04 Å². The Morgan fingerprint density at radius 3 is 2.30 bits per heavy atom. The first-order chi connectivity index (χ1) is 15.7. The molecule has 0 saturated carbocycles. The molecule has 1 heterocycles. The minimum atomic E-state index is -0.969. The number of ether oxygens (including phenoxy) is 1. The Morgan fingerprint density at radius 1 is 1.00 bits per heavy atom. The SMILES string of the molecule is COc1ccc(/C(O)=C2\C(=O)C(=O)N(c3ccc(Cl)c(Cl)c3)C2c2ccc(O)cc2)cc1Br. The van der Waals surface area contributed by atoms with Gasteiger partial charge in [-0.1, -0.05) is 35.3 Å². The van der Waals surface area contributed by atoms with Gasteiger partial charge < -0.3 is 14.9 Å². The van der Waals surface area contributed by atoms with Crippen LogP contribution in [-0.4, -0.2) is 29.0 Å². The Balaban J connectivity index is 1.94. The molecule has 3 aromatic rings. The summed E-state index contributed by atoms with van der Waals surface area (Å²) < 4.78 is 5.78. The van der Waals surface area contributed by atoms with Crippen LogP contribution >= 0.6 is 39.1 Å². The number of ketones is 1. The van der Waals surface area contributed by atoms with Crippen LogP contribution in [0.5, 0.6) is 11.5 Å². The summed E-state index contributed by atoms with van der Waals surface area (Å²) in [5.41, 5.74) is 1.05. The van der Waals surface area contributed by atoms with Gasteiger partial charge in [0.15, 0.2) is 0 Å². The molecule has 0 bridgehead atoms. The molecule has 1 saturated heterocycles. The number of amides is 1. The third-order valence-electron chi connectivity index (χ3n) is 5.26. The lowest BCUT2D eigenvalue weighted by Crippen LogP contribution is -2.29. The largest absolute Gasteiger partial charge is 0.508 e. The number of hydrogen-bond donors (Lipinski definition) is 2. The first kappa shape index (κ1) is 23.2. The number of carbonyl (C=O) groups is 2. The average Bonchev–Trinajstić information content (AvgIpc) is 3.06. The molecule has 1 unspecified atom stereocenters. The monoisotopic (exact) mass is 547 g/mol. The summed E-state index contributed by atoms with van der Waals surface area (Å²) >= 11 is 15.6. The van der Waals surface area contributed by atoms with Crippen molar-refractivity contribution in [2.75, 3.05) is 12.0 Å². The predicted molar refractivity (Wildman–Crippen MR) is 130 cm³/mol. The summed E-state index contributed by atoms with van der Waals surface area (Å²) in [4.78, 5) is 27.6. The highest BCUT2D eigenvalue weighted by atomic mass is 79.9. The minimum Gasteiger partial charge on any atom is -0.508 e. The van der Waals surface area contributed by atoms with E-state index in [0.717, 1.165) is 0 Å². The van der Waals surface area contributed by atoms with Crippen LogP contribution in [0.1, 0.15) is 17.2 Å². The number of carbonyl (C=O) groups excluding carboxylic acids is 2. The molecule has 6 nitrogen and oxygen atoms in total. The first-order valence-electron chi connectivity index (χ1n) is 9.61. The van der Waals surface area contributed by atoms with E-state index in [2.05, 4.69) is 15.9 Å². The Hall–Kier alpha value is -3.00. The van der Waals surface area contributed by atoms with Crippen molar-refractivity contribution in [3.8, 4) is 11.5 Å². The van der Waals surface area contributed by atoms with E-state index in [0.29, 0.717) is 32.1 Å². The van der Waals surface area contributed by atoms with Gasteiger partial charge in [0.25, 0.3) is 11.7 Å². The molecule has 4 rings (SSSR count). The number of phenolic OH excluding ortho intramolecular Hbond substituents is 1. The summed E-state index contributed by atoms with van der Waals surface area (Å²) in [5, 5.41) is 21.4. The second kappa shape index (κ2) is 9.09. The average molecular weight is 549 g/mol. The summed E-state index contributed by atoms with van der Waals surface area (Å²) in [7, 11) is 1.51. The van der Waals surface area contributed by atoms with Gasteiger partial charge in [-0.25, -0.2) is 0 Å². The van der Waals surface area contributed by atoms with Crippen LogP contribution in [0, 0.1) is 0 Å². The van der Waals surface area contributed by atoms with E-state index in [4.69, 9.17) is 27.9 Å². The molecule has 1 aliphatic rings.